The van der Waals surface area contributed by atoms with E-state index in [9.17, 15) is 0 Å². The van der Waals surface area contributed by atoms with Crippen LogP contribution in [-0.4, -0.2) is 17.5 Å². The largest absolute Gasteiger partial charge is 0.366 e. The lowest BCUT2D eigenvalue weighted by Crippen LogP contribution is -2.47. The van der Waals surface area contributed by atoms with Gasteiger partial charge in [-0.2, -0.15) is 12.6 Å². The normalized spacial score (nSPS) is 52.2. The van der Waals surface area contributed by atoms with E-state index in [4.69, 9.17) is 4.74 Å². The van der Waals surface area contributed by atoms with E-state index in [2.05, 4.69) is 33.4 Å². The molecule has 2 aliphatic carbocycles. The van der Waals surface area contributed by atoms with Crippen LogP contribution < -0.4 is 0 Å². The van der Waals surface area contributed by atoms with Crippen molar-refractivity contribution in [1.29, 1.82) is 0 Å². The van der Waals surface area contributed by atoms with E-state index in [0.29, 0.717) is 11.5 Å². The molecule has 0 aromatic rings. The number of rotatable bonds is 1. The molecule has 2 saturated carbocycles. The molecule has 0 N–H and O–H groups in total. The van der Waals surface area contributed by atoms with Gasteiger partial charge in [-0.15, -0.1) is 0 Å². The van der Waals surface area contributed by atoms with Crippen LogP contribution in [0.3, 0.4) is 0 Å². The zero-order valence-corrected chi connectivity index (χ0v) is 12.3. The maximum Gasteiger partial charge on any atom is 0.0920 e. The Balaban J connectivity index is 1.76. The van der Waals surface area contributed by atoms with Crippen molar-refractivity contribution in [3.63, 3.8) is 0 Å². The molecule has 17 heavy (non-hydrogen) atoms. The average Bonchev–Trinajstić information content (AvgIpc) is 2.87. The Morgan fingerprint density at radius 2 is 1.94 bits per heavy atom. The Kier molecular flexibility index (Phi) is 2.83. The quantitative estimate of drug-likeness (QED) is 0.552. The lowest BCUT2D eigenvalue weighted by atomic mass is 9.51. The van der Waals surface area contributed by atoms with Crippen molar-refractivity contribution in [3.05, 3.63) is 0 Å². The Labute approximate surface area is 111 Å². The molecule has 98 valence electrons. The van der Waals surface area contributed by atoms with Crippen LogP contribution in [0.25, 0.3) is 0 Å². The second-order valence-electron chi connectivity index (χ2n) is 7.44. The van der Waals surface area contributed by atoms with Crippen molar-refractivity contribution < 1.29 is 4.74 Å². The van der Waals surface area contributed by atoms with Gasteiger partial charge in [-0.05, 0) is 67.9 Å². The van der Waals surface area contributed by atoms with Gasteiger partial charge >= 0.3 is 0 Å². The minimum Gasteiger partial charge on any atom is -0.366 e. The highest BCUT2D eigenvalue weighted by Crippen LogP contribution is 2.59. The van der Waals surface area contributed by atoms with Gasteiger partial charge in [0.15, 0.2) is 0 Å². The van der Waals surface area contributed by atoms with Gasteiger partial charge in [0.1, 0.15) is 0 Å². The number of hydrogen-bond acceptors (Lipinski definition) is 2. The first-order valence-corrected chi connectivity index (χ1v) is 7.88. The molecule has 5 atom stereocenters. The second kappa shape index (κ2) is 3.90. The molecule has 0 spiro atoms. The molecule has 0 radical (unpaired) electrons. The van der Waals surface area contributed by atoms with E-state index >= 15 is 0 Å². The fourth-order valence-electron chi connectivity index (χ4n) is 4.54. The fourth-order valence-corrected chi connectivity index (χ4v) is 5.00. The Morgan fingerprint density at radius 3 is 2.59 bits per heavy atom. The summed E-state index contributed by atoms with van der Waals surface area (Å²) in [5, 5.41) is 0. The molecule has 3 fully saturated rings. The van der Waals surface area contributed by atoms with Crippen molar-refractivity contribution in [1.82, 2.24) is 0 Å². The molecule has 1 saturated heterocycles. The van der Waals surface area contributed by atoms with Gasteiger partial charge in [-0.25, -0.2) is 0 Å². The van der Waals surface area contributed by atoms with Crippen LogP contribution in [0, 0.1) is 23.2 Å². The summed E-state index contributed by atoms with van der Waals surface area (Å²) in [4.78, 5) is 0. The van der Waals surface area contributed by atoms with Crippen LogP contribution in [0.4, 0.5) is 0 Å². The summed E-state index contributed by atoms with van der Waals surface area (Å²) in [6.45, 7) is 7.23. The number of hydrogen-bond donors (Lipinski definition) is 1. The molecule has 3 aliphatic rings. The lowest BCUT2D eigenvalue weighted by molar-refractivity contribution is -0.0518. The smallest absolute Gasteiger partial charge is 0.0920 e. The third-order valence-electron chi connectivity index (χ3n) is 5.91. The van der Waals surface area contributed by atoms with E-state index in [0.717, 1.165) is 23.5 Å². The molecule has 0 unspecified atom stereocenters. The lowest BCUT2D eigenvalue weighted by Gasteiger charge is -2.55. The molecular weight excluding hydrogens is 228 g/mol. The Bertz CT molecular complexity index is 314. The molecule has 0 bridgehead atoms. The molecule has 1 heterocycles. The van der Waals surface area contributed by atoms with Gasteiger partial charge in [0, 0.05) is 0 Å². The summed E-state index contributed by atoms with van der Waals surface area (Å²) in [6, 6.07) is 0. The SMILES string of the molecule is CC1(C)C[C@@H]2[C@H](CS)CC[C@H]3O[C@]3(C)CC[C@H]21. The van der Waals surface area contributed by atoms with E-state index in [1.54, 1.807) is 0 Å². The van der Waals surface area contributed by atoms with E-state index in [-0.39, 0.29) is 5.60 Å². The summed E-state index contributed by atoms with van der Waals surface area (Å²) in [6.07, 6.45) is 7.24. The van der Waals surface area contributed by atoms with Crippen LogP contribution in [0.1, 0.15) is 52.9 Å². The third-order valence-corrected chi connectivity index (χ3v) is 6.38. The molecule has 2 heteroatoms. The van der Waals surface area contributed by atoms with Crippen molar-refractivity contribution in [2.45, 2.75) is 64.6 Å². The molecule has 0 aromatic heterocycles. The van der Waals surface area contributed by atoms with Crippen LogP contribution >= 0.6 is 12.6 Å². The van der Waals surface area contributed by atoms with Crippen LogP contribution in [-0.2, 0) is 4.74 Å². The second-order valence-corrected chi connectivity index (χ2v) is 7.81. The molecule has 0 aromatic carbocycles. The van der Waals surface area contributed by atoms with Crippen molar-refractivity contribution >= 4 is 12.6 Å². The van der Waals surface area contributed by atoms with E-state index < -0.39 is 0 Å². The molecule has 0 amide bonds. The van der Waals surface area contributed by atoms with Crippen molar-refractivity contribution in [2.75, 3.05) is 5.75 Å². The standard InChI is InChI=1S/C15H26OS/c1-14(2)8-11-10(9-17)4-5-13-15(3,16-13)7-6-12(11)14/h10-13,17H,4-9H2,1-3H3/t10-,11+,12+,13+,15+/m0/s1. The molecular formula is C15H26OS. The van der Waals surface area contributed by atoms with Gasteiger partial charge in [-0.3, -0.25) is 0 Å². The van der Waals surface area contributed by atoms with Crippen LogP contribution in [0.5, 0.6) is 0 Å². The maximum absolute atomic E-state index is 5.92. The Morgan fingerprint density at radius 1 is 1.18 bits per heavy atom. The molecule has 1 aliphatic heterocycles. The number of ether oxygens (including phenoxy) is 1. The average molecular weight is 254 g/mol. The summed E-state index contributed by atoms with van der Waals surface area (Å²) < 4.78 is 5.92. The highest BCUT2D eigenvalue weighted by Gasteiger charge is 2.56. The molecule has 1 nitrogen and oxygen atoms in total. The maximum atomic E-state index is 5.92. The minimum absolute atomic E-state index is 0.238. The van der Waals surface area contributed by atoms with Gasteiger partial charge < -0.3 is 4.74 Å². The number of epoxide rings is 1. The monoisotopic (exact) mass is 254 g/mol. The highest BCUT2D eigenvalue weighted by atomic mass is 32.1. The third kappa shape index (κ3) is 1.96. The van der Waals surface area contributed by atoms with Gasteiger partial charge in [0.05, 0.1) is 11.7 Å². The Hall–Kier alpha value is 0.310. The predicted octanol–water partition coefficient (Wildman–Crippen LogP) is 3.93. The summed E-state index contributed by atoms with van der Waals surface area (Å²) in [7, 11) is 0. The first kappa shape index (κ1) is 12.3. The fraction of sp³-hybridized carbons (Fsp3) is 1.00. The zero-order valence-electron chi connectivity index (χ0n) is 11.4. The van der Waals surface area contributed by atoms with Crippen LogP contribution in [0.15, 0.2) is 0 Å². The first-order valence-electron chi connectivity index (χ1n) is 7.25. The van der Waals surface area contributed by atoms with E-state index in [1.807, 2.05) is 0 Å². The van der Waals surface area contributed by atoms with Gasteiger partial charge in [-0.1, -0.05) is 13.8 Å². The highest BCUT2D eigenvalue weighted by molar-refractivity contribution is 7.80. The van der Waals surface area contributed by atoms with Gasteiger partial charge in [0.2, 0.25) is 0 Å². The summed E-state index contributed by atoms with van der Waals surface area (Å²) >= 11 is 4.60. The summed E-state index contributed by atoms with van der Waals surface area (Å²) in [5.41, 5.74) is 0.804. The topological polar surface area (TPSA) is 12.5 Å². The van der Waals surface area contributed by atoms with Crippen LogP contribution in [0.2, 0.25) is 0 Å². The van der Waals surface area contributed by atoms with Crippen molar-refractivity contribution in [2.24, 2.45) is 23.2 Å². The number of thiol groups is 1. The predicted molar refractivity (Wildman–Crippen MR) is 74.5 cm³/mol. The zero-order chi connectivity index (χ0) is 12.3. The minimum atomic E-state index is 0.238. The first-order chi connectivity index (χ1) is 7.96. The number of fused-ring (bicyclic) bond motifs is 2. The van der Waals surface area contributed by atoms with Gasteiger partial charge in [0.25, 0.3) is 0 Å². The molecule has 3 rings (SSSR count). The summed E-state index contributed by atoms with van der Waals surface area (Å²) in [5.74, 6) is 3.77. The van der Waals surface area contributed by atoms with Crippen molar-refractivity contribution in [3.8, 4) is 0 Å². The van der Waals surface area contributed by atoms with E-state index in [1.165, 1.54) is 32.1 Å².